The summed E-state index contributed by atoms with van der Waals surface area (Å²) in [5.74, 6) is 0.0230. The van der Waals surface area contributed by atoms with E-state index in [9.17, 15) is 4.79 Å². The zero-order valence-electron chi connectivity index (χ0n) is 10.7. The van der Waals surface area contributed by atoms with Crippen LogP contribution >= 0.6 is 0 Å². The second-order valence-corrected chi connectivity index (χ2v) is 4.07. The number of benzene rings is 1. The molecule has 0 fully saturated rings. The Kier molecular flexibility index (Phi) is 5.66. The molecule has 0 aliphatic carbocycles. The summed E-state index contributed by atoms with van der Waals surface area (Å²) >= 11 is 0. The fourth-order valence-electron chi connectivity index (χ4n) is 1.52. The third kappa shape index (κ3) is 4.54. The lowest BCUT2D eigenvalue weighted by molar-refractivity contribution is -0.645. The summed E-state index contributed by atoms with van der Waals surface area (Å²) in [6.45, 7) is 5.94. The zero-order chi connectivity index (χ0) is 12.7. The monoisotopic (exact) mass is 237 g/mol. The fourth-order valence-corrected chi connectivity index (χ4v) is 1.52. The molecule has 0 bridgehead atoms. The molecule has 3 N–H and O–H groups in total. The third-order valence-corrected chi connectivity index (χ3v) is 2.73. The van der Waals surface area contributed by atoms with E-state index in [2.05, 4.69) is 5.32 Å². The predicted molar refractivity (Wildman–Crippen MR) is 68.1 cm³/mol. The van der Waals surface area contributed by atoms with Crippen molar-refractivity contribution in [1.29, 1.82) is 0 Å². The van der Waals surface area contributed by atoms with Gasteiger partial charge in [-0.15, -0.1) is 0 Å². The molecule has 1 amide bonds. The predicted octanol–water partition coefficient (Wildman–Crippen LogP) is 0.452. The first kappa shape index (κ1) is 13.7. The minimum absolute atomic E-state index is 0.0230. The van der Waals surface area contributed by atoms with E-state index in [1.165, 1.54) is 5.56 Å². The van der Waals surface area contributed by atoms with E-state index in [0.29, 0.717) is 13.2 Å². The van der Waals surface area contributed by atoms with Crippen molar-refractivity contribution in [3.8, 4) is 0 Å². The first-order valence-electron chi connectivity index (χ1n) is 5.82. The van der Waals surface area contributed by atoms with Crippen molar-refractivity contribution in [3.63, 3.8) is 0 Å². The van der Waals surface area contributed by atoms with Crippen molar-refractivity contribution in [2.45, 2.75) is 13.8 Å². The van der Waals surface area contributed by atoms with Gasteiger partial charge in [0.15, 0.2) is 6.54 Å². The molecule has 1 aromatic rings. The van der Waals surface area contributed by atoms with Crippen LogP contribution in [0.2, 0.25) is 0 Å². The molecule has 0 unspecified atom stereocenters. The molecular weight excluding hydrogens is 216 g/mol. The quantitative estimate of drug-likeness (QED) is 0.706. The topological polar surface area (TPSA) is 54.9 Å². The molecule has 94 valence electrons. The van der Waals surface area contributed by atoms with E-state index in [4.69, 9.17) is 4.74 Å². The van der Waals surface area contributed by atoms with E-state index in [1.807, 2.05) is 37.4 Å². The molecule has 1 aromatic carbocycles. The number of rotatable bonds is 6. The highest BCUT2D eigenvalue weighted by atomic mass is 16.5. The summed E-state index contributed by atoms with van der Waals surface area (Å²) in [5, 5.41) is 4.85. The van der Waals surface area contributed by atoms with Crippen LogP contribution in [0.5, 0.6) is 0 Å². The number of nitrogens with two attached hydrogens (primary N) is 1. The lowest BCUT2D eigenvalue weighted by Crippen LogP contribution is -2.87. The van der Waals surface area contributed by atoms with Crippen molar-refractivity contribution in [2.24, 2.45) is 0 Å². The molecule has 0 atom stereocenters. The standard InChI is InChI=1S/C13H20N2O2/c1-10-5-4-6-12(11(10)2)15-13(16)9-14-7-8-17-3/h4-6,14H,7-9H2,1-3H3,(H,15,16)/p+1. The average Bonchev–Trinajstić information content (AvgIpc) is 2.31. The van der Waals surface area contributed by atoms with E-state index in [0.717, 1.165) is 17.8 Å². The van der Waals surface area contributed by atoms with Gasteiger partial charge < -0.3 is 15.4 Å². The van der Waals surface area contributed by atoms with Crippen LogP contribution in [0.25, 0.3) is 0 Å². The highest BCUT2D eigenvalue weighted by Crippen LogP contribution is 2.17. The summed E-state index contributed by atoms with van der Waals surface area (Å²) in [6, 6.07) is 5.91. The molecule has 0 saturated carbocycles. The van der Waals surface area contributed by atoms with E-state index >= 15 is 0 Å². The van der Waals surface area contributed by atoms with Crippen LogP contribution in [-0.2, 0) is 9.53 Å². The number of amides is 1. The fraction of sp³-hybridized carbons (Fsp3) is 0.462. The Bertz CT molecular complexity index is 378. The summed E-state index contributed by atoms with van der Waals surface area (Å²) in [6.07, 6.45) is 0. The highest BCUT2D eigenvalue weighted by Gasteiger charge is 2.06. The van der Waals surface area contributed by atoms with Gasteiger partial charge in [0, 0.05) is 12.8 Å². The Hall–Kier alpha value is -1.39. The maximum absolute atomic E-state index is 11.7. The Morgan fingerprint density at radius 1 is 1.41 bits per heavy atom. The lowest BCUT2D eigenvalue weighted by Gasteiger charge is -2.09. The van der Waals surface area contributed by atoms with Crippen LogP contribution in [0, 0.1) is 13.8 Å². The van der Waals surface area contributed by atoms with E-state index < -0.39 is 0 Å². The molecule has 17 heavy (non-hydrogen) atoms. The zero-order valence-corrected chi connectivity index (χ0v) is 10.7. The summed E-state index contributed by atoms with van der Waals surface area (Å²) < 4.78 is 4.91. The first-order chi connectivity index (χ1) is 8.15. The van der Waals surface area contributed by atoms with Gasteiger partial charge in [-0.05, 0) is 31.0 Å². The summed E-state index contributed by atoms with van der Waals surface area (Å²) in [5.41, 5.74) is 3.21. The van der Waals surface area contributed by atoms with Crippen molar-refractivity contribution >= 4 is 11.6 Å². The molecule has 0 saturated heterocycles. The number of carbonyl (C=O) groups excluding carboxylic acids is 1. The van der Waals surface area contributed by atoms with Crippen LogP contribution in [-0.4, -0.2) is 32.7 Å². The Morgan fingerprint density at radius 3 is 2.88 bits per heavy atom. The van der Waals surface area contributed by atoms with E-state index in [-0.39, 0.29) is 5.91 Å². The number of quaternary nitrogens is 1. The molecule has 4 heteroatoms. The third-order valence-electron chi connectivity index (χ3n) is 2.73. The molecule has 0 aliphatic rings. The van der Waals surface area contributed by atoms with Gasteiger partial charge in [-0.25, -0.2) is 0 Å². The van der Waals surface area contributed by atoms with Crippen LogP contribution in [0.15, 0.2) is 18.2 Å². The van der Waals surface area contributed by atoms with Crippen LogP contribution < -0.4 is 10.6 Å². The van der Waals surface area contributed by atoms with Gasteiger partial charge in [-0.2, -0.15) is 0 Å². The number of hydrogen-bond donors (Lipinski definition) is 2. The molecular formula is C13H21N2O2+. The number of methoxy groups -OCH3 is 1. The normalized spacial score (nSPS) is 10.3. The second kappa shape index (κ2) is 7.04. The van der Waals surface area contributed by atoms with Gasteiger partial charge in [0.1, 0.15) is 0 Å². The van der Waals surface area contributed by atoms with Gasteiger partial charge in [0.2, 0.25) is 0 Å². The average molecular weight is 237 g/mol. The van der Waals surface area contributed by atoms with Crippen LogP contribution in [0.1, 0.15) is 11.1 Å². The van der Waals surface area contributed by atoms with Crippen molar-refractivity contribution in [3.05, 3.63) is 29.3 Å². The molecule has 0 radical (unpaired) electrons. The van der Waals surface area contributed by atoms with Gasteiger partial charge in [-0.3, -0.25) is 4.79 Å². The minimum atomic E-state index is 0.0230. The molecule has 0 aromatic heterocycles. The summed E-state index contributed by atoms with van der Waals surface area (Å²) in [7, 11) is 1.66. The minimum Gasteiger partial charge on any atom is -0.379 e. The SMILES string of the molecule is COCC[NH2+]CC(=O)Nc1cccc(C)c1C. The number of anilines is 1. The Morgan fingerprint density at radius 2 is 2.18 bits per heavy atom. The number of nitrogens with one attached hydrogen (secondary N) is 1. The van der Waals surface area contributed by atoms with Gasteiger partial charge in [-0.1, -0.05) is 12.1 Å². The highest BCUT2D eigenvalue weighted by molar-refractivity contribution is 5.92. The Balaban J connectivity index is 2.43. The van der Waals surface area contributed by atoms with Crippen molar-refractivity contribution in [1.82, 2.24) is 0 Å². The molecule has 0 spiro atoms. The second-order valence-electron chi connectivity index (χ2n) is 4.07. The molecule has 1 rings (SSSR count). The first-order valence-corrected chi connectivity index (χ1v) is 5.82. The van der Waals surface area contributed by atoms with Crippen molar-refractivity contribution in [2.75, 3.05) is 32.1 Å². The largest absolute Gasteiger partial charge is 0.379 e. The molecule has 0 heterocycles. The number of aryl methyl sites for hydroxylation is 1. The lowest BCUT2D eigenvalue weighted by atomic mass is 10.1. The maximum Gasteiger partial charge on any atom is 0.279 e. The van der Waals surface area contributed by atoms with Crippen LogP contribution in [0.3, 0.4) is 0 Å². The van der Waals surface area contributed by atoms with Crippen molar-refractivity contribution < 1.29 is 14.8 Å². The van der Waals surface area contributed by atoms with Crippen LogP contribution in [0.4, 0.5) is 5.69 Å². The summed E-state index contributed by atoms with van der Waals surface area (Å²) in [4.78, 5) is 11.7. The van der Waals surface area contributed by atoms with E-state index in [1.54, 1.807) is 7.11 Å². The number of carbonyl (C=O) groups is 1. The Labute approximate surface area is 102 Å². The van der Waals surface area contributed by atoms with Gasteiger partial charge in [0.05, 0.1) is 13.2 Å². The smallest absolute Gasteiger partial charge is 0.279 e. The van der Waals surface area contributed by atoms with Gasteiger partial charge >= 0.3 is 0 Å². The molecule has 0 aliphatic heterocycles. The van der Waals surface area contributed by atoms with Gasteiger partial charge in [0.25, 0.3) is 5.91 Å². The number of ether oxygens (including phenoxy) is 1. The maximum atomic E-state index is 11.7. The number of hydrogen-bond acceptors (Lipinski definition) is 2. The molecule has 4 nitrogen and oxygen atoms in total.